The zero-order valence-corrected chi connectivity index (χ0v) is 13.2. The Morgan fingerprint density at radius 3 is 2.85 bits per heavy atom. The second kappa shape index (κ2) is 7.09. The molecule has 2 rings (SSSR count). The first kappa shape index (κ1) is 15.3. The maximum atomic E-state index is 5.49. The first-order valence-corrected chi connectivity index (χ1v) is 7.75. The van der Waals surface area contributed by atoms with E-state index in [-0.39, 0.29) is 0 Å². The predicted octanol–water partition coefficient (Wildman–Crippen LogP) is 2.90. The van der Waals surface area contributed by atoms with Crippen LogP contribution in [0.3, 0.4) is 0 Å². The van der Waals surface area contributed by atoms with Gasteiger partial charge in [-0.15, -0.1) is 0 Å². The smallest absolute Gasteiger partial charge is 0.123 e. The van der Waals surface area contributed by atoms with E-state index in [1.807, 2.05) is 6.07 Å². The van der Waals surface area contributed by atoms with Crippen molar-refractivity contribution in [3.63, 3.8) is 0 Å². The highest BCUT2D eigenvalue weighted by Crippen LogP contribution is 2.24. The second-order valence-corrected chi connectivity index (χ2v) is 6.00. The van der Waals surface area contributed by atoms with E-state index < -0.39 is 0 Å². The van der Waals surface area contributed by atoms with E-state index in [1.165, 1.54) is 12.0 Å². The number of ether oxygens (including phenoxy) is 1. The topological polar surface area (TPSA) is 24.5 Å². The number of benzene rings is 1. The number of nitrogens with one attached hydrogen (secondary N) is 1. The van der Waals surface area contributed by atoms with E-state index >= 15 is 0 Å². The zero-order valence-electron chi connectivity index (χ0n) is 13.2. The summed E-state index contributed by atoms with van der Waals surface area (Å²) >= 11 is 0. The van der Waals surface area contributed by atoms with E-state index in [4.69, 9.17) is 4.74 Å². The van der Waals surface area contributed by atoms with Gasteiger partial charge in [0.15, 0.2) is 0 Å². The minimum absolute atomic E-state index is 0.560. The summed E-state index contributed by atoms with van der Waals surface area (Å²) in [6, 6.07) is 9.54. The van der Waals surface area contributed by atoms with Crippen molar-refractivity contribution in [2.45, 2.75) is 45.8 Å². The van der Waals surface area contributed by atoms with Gasteiger partial charge < -0.3 is 10.1 Å². The van der Waals surface area contributed by atoms with Crippen LogP contribution in [0.1, 0.15) is 32.8 Å². The molecule has 1 aliphatic heterocycles. The first-order chi connectivity index (χ1) is 9.65. The van der Waals surface area contributed by atoms with Crippen molar-refractivity contribution >= 4 is 0 Å². The van der Waals surface area contributed by atoms with Gasteiger partial charge in [-0.05, 0) is 18.9 Å². The molecule has 0 radical (unpaired) electrons. The van der Waals surface area contributed by atoms with Crippen LogP contribution in [-0.4, -0.2) is 37.2 Å². The Balaban J connectivity index is 2.14. The monoisotopic (exact) mass is 276 g/mol. The second-order valence-electron chi connectivity index (χ2n) is 6.00. The van der Waals surface area contributed by atoms with Crippen molar-refractivity contribution in [2.24, 2.45) is 5.92 Å². The Bertz CT molecular complexity index is 421. The fraction of sp³-hybridized carbons (Fsp3) is 0.647. The summed E-state index contributed by atoms with van der Waals surface area (Å²) in [4.78, 5) is 2.62. The third-order valence-electron chi connectivity index (χ3n) is 4.52. The summed E-state index contributed by atoms with van der Waals surface area (Å²) in [5.41, 5.74) is 1.29. The Morgan fingerprint density at radius 1 is 1.40 bits per heavy atom. The molecule has 112 valence electrons. The average molecular weight is 276 g/mol. The number of hydrogen-bond acceptors (Lipinski definition) is 3. The predicted molar refractivity (Wildman–Crippen MR) is 84.1 cm³/mol. The van der Waals surface area contributed by atoms with Gasteiger partial charge in [-0.1, -0.05) is 38.5 Å². The van der Waals surface area contributed by atoms with Crippen molar-refractivity contribution in [1.82, 2.24) is 10.2 Å². The molecule has 3 nitrogen and oxygen atoms in total. The van der Waals surface area contributed by atoms with Crippen LogP contribution in [-0.2, 0) is 6.54 Å². The molecule has 1 heterocycles. The lowest BCUT2D eigenvalue weighted by Gasteiger charge is -2.42. The van der Waals surface area contributed by atoms with Gasteiger partial charge in [-0.25, -0.2) is 0 Å². The molecule has 1 fully saturated rings. The van der Waals surface area contributed by atoms with Gasteiger partial charge in [-0.3, -0.25) is 4.90 Å². The van der Waals surface area contributed by atoms with Crippen LogP contribution in [0.15, 0.2) is 24.3 Å². The Hall–Kier alpha value is -1.06. The van der Waals surface area contributed by atoms with Gasteiger partial charge in [0.2, 0.25) is 0 Å². The van der Waals surface area contributed by atoms with Gasteiger partial charge in [0.25, 0.3) is 0 Å². The lowest BCUT2D eigenvalue weighted by molar-refractivity contribution is 0.0877. The molecule has 3 heteroatoms. The van der Waals surface area contributed by atoms with Gasteiger partial charge in [0.1, 0.15) is 5.75 Å². The number of para-hydroxylation sites is 1. The molecule has 0 saturated carbocycles. The quantitative estimate of drug-likeness (QED) is 0.895. The maximum absolute atomic E-state index is 5.49. The van der Waals surface area contributed by atoms with E-state index in [2.05, 4.69) is 49.2 Å². The summed E-state index contributed by atoms with van der Waals surface area (Å²) in [5.74, 6) is 1.71. The van der Waals surface area contributed by atoms with Crippen molar-refractivity contribution in [3.05, 3.63) is 29.8 Å². The molecule has 1 N–H and O–H groups in total. The molecule has 20 heavy (non-hydrogen) atoms. The summed E-state index contributed by atoms with van der Waals surface area (Å²) < 4.78 is 5.49. The minimum atomic E-state index is 0.560. The normalized spacial score (nSPS) is 25.4. The lowest BCUT2D eigenvalue weighted by Crippen LogP contribution is -2.57. The molecule has 3 unspecified atom stereocenters. The van der Waals surface area contributed by atoms with Crippen LogP contribution in [0.2, 0.25) is 0 Å². The summed E-state index contributed by atoms with van der Waals surface area (Å²) in [6.45, 7) is 10.1. The fourth-order valence-electron chi connectivity index (χ4n) is 3.07. The Kier molecular flexibility index (Phi) is 5.44. The van der Waals surface area contributed by atoms with Crippen LogP contribution >= 0.6 is 0 Å². The number of nitrogens with zero attached hydrogens (tertiary/aromatic N) is 1. The van der Waals surface area contributed by atoms with Crippen LogP contribution in [0.5, 0.6) is 5.75 Å². The Labute approximate surface area is 123 Å². The highest BCUT2D eigenvalue weighted by molar-refractivity contribution is 5.33. The largest absolute Gasteiger partial charge is 0.496 e. The van der Waals surface area contributed by atoms with Crippen molar-refractivity contribution in [1.29, 1.82) is 0 Å². The molecule has 1 aromatic rings. The van der Waals surface area contributed by atoms with Gasteiger partial charge in [0.05, 0.1) is 7.11 Å². The van der Waals surface area contributed by atoms with Gasteiger partial charge >= 0.3 is 0 Å². The number of methoxy groups -OCH3 is 1. The molecule has 1 saturated heterocycles. The highest BCUT2D eigenvalue weighted by Gasteiger charge is 2.29. The van der Waals surface area contributed by atoms with E-state index in [1.54, 1.807) is 7.11 Å². The van der Waals surface area contributed by atoms with Gasteiger partial charge in [0, 0.05) is 37.3 Å². The fourth-order valence-corrected chi connectivity index (χ4v) is 3.07. The zero-order chi connectivity index (χ0) is 14.5. The van der Waals surface area contributed by atoms with Gasteiger partial charge in [-0.2, -0.15) is 0 Å². The summed E-state index contributed by atoms with van der Waals surface area (Å²) in [5, 5.41) is 3.62. The van der Waals surface area contributed by atoms with Crippen molar-refractivity contribution in [3.8, 4) is 5.75 Å². The van der Waals surface area contributed by atoms with Crippen LogP contribution in [0.25, 0.3) is 0 Å². The SMILES string of the molecule is CCC(C)C1CNC(C)CN1Cc1ccccc1OC. The van der Waals surface area contributed by atoms with Crippen molar-refractivity contribution < 1.29 is 4.74 Å². The third kappa shape index (κ3) is 3.53. The average Bonchev–Trinajstić information content (AvgIpc) is 2.47. The molecular weight excluding hydrogens is 248 g/mol. The molecule has 0 spiro atoms. The number of hydrogen-bond donors (Lipinski definition) is 1. The maximum Gasteiger partial charge on any atom is 0.123 e. The molecule has 1 aromatic carbocycles. The van der Waals surface area contributed by atoms with E-state index in [0.717, 1.165) is 25.4 Å². The summed E-state index contributed by atoms with van der Waals surface area (Å²) in [7, 11) is 1.76. The summed E-state index contributed by atoms with van der Waals surface area (Å²) in [6.07, 6.45) is 1.23. The molecule has 0 bridgehead atoms. The molecule has 3 atom stereocenters. The van der Waals surface area contributed by atoms with Crippen LogP contribution < -0.4 is 10.1 Å². The van der Waals surface area contributed by atoms with Crippen LogP contribution in [0, 0.1) is 5.92 Å². The molecule has 0 amide bonds. The van der Waals surface area contributed by atoms with E-state index in [9.17, 15) is 0 Å². The molecule has 1 aliphatic rings. The Morgan fingerprint density at radius 2 is 2.15 bits per heavy atom. The molecular formula is C17H28N2O. The van der Waals surface area contributed by atoms with E-state index in [0.29, 0.717) is 18.0 Å². The van der Waals surface area contributed by atoms with Crippen LogP contribution in [0.4, 0.5) is 0 Å². The third-order valence-corrected chi connectivity index (χ3v) is 4.52. The standard InChI is InChI=1S/C17H28N2O/c1-5-13(2)16-10-18-14(3)11-19(16)12-15-8-6-7-9-17(15)20-4/h6-9,13-14,16,18H,5,10-12H2,1-4H3. The lowest BCUT2D eigenvalue weighted by atomic mass is 9.94. The molecule has 0 aromatic heterocycles. The first-order valence-electron chi connectivity index (χ1n) is 7.75. The molecule has 0 aliphatic carbocycles. The number of rotatable bonds is 5. The van der Waals surface area contributed by atoms with Crippen molar-refractivity contribution in [2.75, 3.05) is 20.2 Å². The number of piperazine rings is 1. The minimum Gasteiger partial charge on any atom is -0.496 e. The highest BCUT2D eigenvalue weighted by atomic mass is 16.5.